The van der Waals surface area contributed by atoms with Gasteiger partial charge in [-0.25, -0.2) is 0 Å². The summed E-state index contributed by atoms with van der Waals surface area (Å²) < 4.78 is 2.45. The minimum absolute atomic E-state index is 0.0636. The number of likely N-dealkylation sites (tertiary alicyclic amines) is 1. The molecule has 2 aromatic heterocycles. The Kier molecular flexibility index (Phi) is 7.32. The number of aryl methyl sites for hydroxylation is 1. The standard InChI is InChI=1S/C23H29N5OS2/c1-17-5-2-7-19(13-17)22-25-26-23(30)28(22)11-9-21(29)24-14-18-6-3-10-27(15-18)16-20-8-4-12-31-20/h2,4-5,7-8,12-13,18H,3,6,9-11,14-16H2,1H3,(H,24,29)(H,26,30). The van der Waals surface area contributed by atoms with Gasteiger partial charge in [-0.15, -0.1) is 11.3 Å². The molecule has 6 nitrogen and oxygen atoms in total. The van der Waals surface area contributed by atoms with E-state index in [-0.39, 0.29) is 5.91 Å². The third-order valence-corrected chi connectivity index (χ3v) is 6.92. The van der Waals surface area contributed by atoms with Gasteiger partial charge in [-0.05, 0) is 62.0 Å². The fraction of sp³-hybridized carbons (Fsp3) is 0.435. The molecule has 3 heterocycles. The molecule has 0 saturated carbocycles. The molecule has 31 heavy (non-hydrogen) atoms. The molecule has 1 fully saturated rings. The van der Waals surface area contributed by atoms with Crippen LogP contribution in [0.3, 0.4) is 0 Å². The van der Waals surface area contributed by atoms with Gasteiger partial charge >= 0.3 is 0 Å². The van der Waals surface area contributed by atoms with Crippen molar-refractivity contribution in [2.75, 3.05) is 19.6 Å². The van der Waals surface area contributed by atoms with Crippen molar-refractivity contribution < 1.29 is 4.79 Å². The highest BCUT2D eigenvalue weighted by Crippen LogP contribution is 2.21. The van der Waals surface area contributed by atoms with E-state index in [4.69, 9.17) is 12.2 Å². The summed E-state index contributed by atoms with van der Waals surface area (Å²) in [6, 6.07) is 12.5. The van der Waals surface area contributed by atoms with E-state index in [1.807, 2.05) is 28.0 Å². The molecule has 1 amide bonds. The van der Waals surface area contributed by atoms with Crippen LogP contribution in [0.1, 0.15) is 29.7 Å². The van der Waals surface area contributed by atoms with E-state index in [9.17, 15) is 4.79 Å². The molecule has 2 N–H and O–H groups in total. The van der Waals surface area contributed by atoms with E-state index in [2.05, 4.69) is 57.0 Å². The molecule has 8 heteroatoms. The summed E-state index contributed by atoms with van der Waals surface area (Å²) in [6.07, 6.45) is 2.75. The van der Waals surface area contributed by atoms with Crippen LogP contribution in [0.15, 0.2) is 41.8 Å². The van der Waals surface area contributed by atoms with E-state index < -0.39 is 0 Å². The second-order valence-corrected chi connectivity index (χ2v) is 9.67. The van der Waals surface area contributed by atoms with E-state index in [1.54, 1.807) is 0 Å². The number of thiophene rings is 1. The van der Waals surface area contributed by atoms with E-state index >= 15 is 0 Å². The van der Waals surface area contributed by atoms with Crippen molar-refractivity contribution in [2.45, 2.75) is 39.3 Å². The molecule has 1 unspecified atom stereocenters. The van der Waals surface area contributed by atoms with Crippen molar-refractivity contribution in [2.24, 2.45) is 5.92 Å². The maximum atomic E-state index is 12.5. The predicted octanol–water partition coefficient (Wildman–Crippen LogP) is 4.40. The van der Waals surface area contributed by atoms with Crippen molar-refractivity contribution in [3.05, 3.63) is 57.0 Å². The van der Waals surface area contributed by atoms with Gasteiger partial charge in [0.2, 0.25) is 5.91 Å². The summed E-state index contributed by atoms with van der Waals surface area (Å²) in [6.45, 7) is 6.50. The summed E-state index contributed by atoms with van der Waals surface area (Å²) in [5.74, 6) is 1.35. The Morgan fingerprint density at radius 2 is 2.26 bits per heavy atom. The molecule has 164 valence electrons. The SMILES string of the molecule is Cc1cccc(-c2n[nH]c(=S)n2CCC(=O)NCC2CCCN(Cc3cccs3)C2)c1. The van der Waals surface area contributed by atoms with Crippen LogP contribution < -0.4 is 5.32 Å². The van der Waals surface area contributed by atoms with Gasteiger partial charge in [0.15, 0.2) is 10.6 Å². The second kappa shape index (κ2) is 10.3. The number of carbonyl (C=O) groups is 1. The van der Waals surface area contributed by atoms with Gasteiger partial charge in [0.25, 0.3) is 0 Å². The lowest BCUT2D eigenvalue weighted by atomic mass is 9.98. The zero-order valence-corrected chi connectivity index (χ0v) is 19.5. The Morgan fingerprint density at radius 3 is 3.06 bits per heavy atom. The third kappa shape index (κ3) is 5.90. The molecular formula is C23H29N5OS2. The first-order valence-electron chi connectivity index (χ1n) is 10.8. The zero-order valence-electron chi connectivity index (χ0n) is 17.8. The molecule has 0 aliphatic carbocycles. The number of rotatable bonds is 8. The van der Waals surface area contributed by atoms with Crippen molar-refractivity contribution in [3.8, 4) is 11.4 Å². The topological polar surface area (TPSA) is 66.0 Å². The Balaban J connectivity index is 1.27. The lowest BCUT2D eigenvalue weighted by Gasteiger charge is -2.32. The van der Waals surface area contributed by atoms with E-state index in [0.29, 0.717) is 23.7 Å². The Bertz CT molecular complexity index is 1060. The highest BCUT2D eigenvalue weighted by Gasteiger charge is 2.21. The number of H-pyrrole nitrogens is 1. The lowest BCUT2D eigenvalue weighted by Crippen LogP contribution is -2.40. The molecule has 0 bridgehead atoms. The van der Waals surface area contributed by atoms with Crippen LogP contribution >= 0.6 is 23.6 Å². The summed E-state index contributed by atoms with van der Waals surface area (Å²) in [5, 5.41) is 12.5. The number of hydrogen-bond acceptors (Lipinski definition) is 5. The monoisotopic (exact) mass is 455 g/mol. The molecule has 3 aromatic rings. The largest absolute Gasteiger partial charge is 0.356 e. The fourth-order valence-corrected chi connectivity index (χ4v) is 5.14. The molecule has 4 rings (SSSR count). The van der Waals surface area contributed by atoms with Gasteiger partial charge in [-0.3, -0.25) is 19.4 Å². The fourth-order valence-electron chi connectivity index (χ4n) is 4.17. The van der Waals surface area contributed by atoms with Gasteiger partial charge < -0.3 is 5.32 Å². The number of nitrogens with one attached hydrogen (secondary N) is 2. The molecular weight excluding hydrogens is 426 g/mol. The average Bonchev–Trinajstić information content (AvgIpc) is 3.40. The van der Waals surface area contributed by atoms with Gasteiger partial charge in [0.05, 0.1) is 0 Å². The minimum Gasteiger partial charge on any atom is -0.356 e. The first-order chi connectivity index (χ1) is 15.1. The van der Waals surface area contributed by atoms with Crippen molar-refractivity contribution in [1.82, 2.24) is 25.0 Å². The number of carbonyl (C=O) groups excluding carboxylic acids is 1. The van der Waals surface area contributed by atoms with Crippen molar-refractivity contribution >= 4 is 29.5 Å². The number of piperidine rings is 1. The highest BCUT2D eigenvalue weighted by molar-refractivity contribution is 7.71. The normalized spacial score (nSPS) is 17.0. The second-order valence-electron chi connectivity index (χ2n) is 8.25. The van der Waals surface area contributed by atoms with Gasteiger partial charge in [0, 0.05) is 43.0 Å². The summed E-state index contributed by atoms with van der Waals surface area (Å²) in [7, 11) is 0. The smallest absolute Gasteiger partial charge is 0.221 e. The Hall–Kier alpha value is -2.29. The van der Waals surface area contributed by atoms with Crippen LogP contribution in [0.5, 0.6) is 0 Å². The molecule has 1 aromatic carbocycles. The van der Waals surface area contributed by atoms with Gasteiger partial charge in [0.1, 0.15) is 0 Å². The predicted molar refractivity (Wildman–Crippen MR) is 128 cm³/mol. The Morgan fingerprint density at radius 1 is 1.35 bits per heavy atom. The quantitative estimate of drug-likeness (QED) is 0.494. The van der Waals surface area contributed by atoms with Crippen LogP contribution in [0, 0.1) is 17.6 Å². The number of aromatic nitrogens is 3. The van der Waals surface area contributed by atoms with Gasteiger partial charge in [-0.1, -0.05) is 29.8 Å². The summed E-state index contributed by atoms with van der Waals surface area (Å²) >= 11 is 7.21. The van der Waals surface area contributed by atoms with Crippen LogP contribution in [0.2, 0.25) is 0 Å². The summed E-state index contributed by atoms with van der Waals surface area (Å²) in [4.78, 5) is 16.4. The minimum atomic E-state index is 0.0636. The van der Waals surface area contributed by atoms with Crippen molar-refractivity contribution in [1.29, 1.82) is 0 Å². The molecule has 0 radical (unpaired) electrons. The number of hydrogen-bond donors (Lipinski definition) is 2. The number of nitrogens with zero attached hydrogens (tertiary/aromatic N) is 3. The van der Waals surface area contributed by atoms with E-state index in [0.717, 1.165) is 43.1 Å². The average molecular weight is 456 g/mol. The molecule has 1 aliphatic rings. The first-order valence-corrected chi connectivity index (χ1v) is 12.1. The maximum Gasteiger partial charge on any atom is 0.221 e. The lowest BCUT2D eigenvalue weighted by molar-refractivity contribution is -0.121. The van der Waals surface area contributed by atoms with Crippen molar-refractivity contribution in [3.63, 3.8) is 0 Å². The third-order valence-electron chi connectivity index (χ3n) is 5.75. The molecule has 1 saturated heterocycles. The van der Waals surface area contributed by atoms with Gasteiger partial charge in [-0.2, -0.15) is 5.10 Å². The zero-order chi connectivity index (χ0) is 21.6. The van der Waals surface area contributed by atoms with Crippen LogP contribution in [0.4, 0.5) is 0 Å². The first kappa shape index (κ1) is 21.9. The number of aromatic amines is 1. The van der Waals surface area contributed by atoms with Crippen LogP contribution in [0.25, 0.3) is 11.4 Å². The summed E-state index contributed by atoms with van der Waals surface area (Å²) in [5.41, 5.74) is 2.16. The highest BCUT2D eigenvalue weighted by atomic mass is 32.1. The van der Waals surface area contributed by atoms with Crippen LogP contribution in [-0.4, -0.2) is 45.2 Å². The van der Waals surface area contributed by atoms with E-state index in [1.165, 1.54) is 17.7 Å². The molecule has 1 aliphatic heterocycles. The number of benzene rings is 1. The Labute approximate surface area is 192 Å². The molecule has 0 spiro atoms. The maximum absolute atomic E-state index is 12.5. The van der Waals surface area contributed by atoms with Crippen LogP contribution in [-0.2, 0) is 17.9 Å². The molecule has 1 atom stereocenters. The number of amides is 1.